The standard InChI is InChI=1S/C17H22N4O3/c1-3-13-15(12(2)24-20-13)16(22)19-10-17(23)7-9-21(11-17)14-6-4-5-8-18-14/h4-6,8,23H,3,7,9-11H2,1-2H3,(H,19,22). The maximum absolute atomic E-state index is 12.4. The maximum Gasteiger partial charge on any atom is 0.256 e. The molecular formula is C17H22N4O3. The normalized spacial score (nSPS) is 20.4. The molecule has 1 aliphatic heterocycles. The lowest BCUT2D eigenvalue weighted by Gasteiger charge is -2.24. The van der Waals surface area contributed by atoms with Crippen molar-refractivity contribution in [2.75, 3.05) is 24.5 Å². The number of β-amino-alcohol motifs (C(OH)–C–C–N with tert-alkyl or cyclic N) is 1. The van der Waals surface area contributed by atoms with Crippen molar-refractivity contribution in [3.05, 3.63) is 41.4 Å². The molecule has 1 saturated heterocycles. The van der Waals surface area contributed by atoms with Crippen molar-refractivity contribution in [1.82, 2.24) is 15.5 Å². The van der Waals surface area contributed by atoms with E-state index in [0.29, 0.717) is 42.9 Å². The lowest BCUT2D eigenvalue weighted by molar-refractivity contribution is 0.0575. The Hall–Kier alpha value is -2.41. The van der Waals surface area contributed by atoms with E-state index in [9.17, 15) is 9.90 Å². The fraction of sp³-hybridized carbons (Fsp3) is 0.471. The Morgan fingerprint density at radius 2 is 2.33 bits per heavy atom. The summed E-state index contributed by atoms with van der Waals surface area (Å²) < 4.78 is 5.09. The number of carbonyl (C=O) groups is 1. The second-order valence-corrected chi connectivity index (χ2v) is 6.18. The molecule has 128 valence electrons. The molecule has 3 rings (SSSR count). The van der Waals surface area contributed by atoms with Gasteiger partial charge in [0.05, 0.1) is 5.69 Å². The third-order valence-corrected chi connectivity index (χ3v) is 4.38. The van der Waals surface area contributed by atoms with Gasteiger partial charge in [0, 0.05) is 25.8 Å². The molecule has 1 fully saturated rings. The first-order valence-electron chi connectivity index (χ1n) is 8.14. The summed E-state index contributed by atoms with van der Waals surface area (Å²) >= 11 is 0. The Morgan fingerprint density at radius 1 is 1.50 bits per heavy atom. The lowest BCUT2D eigenvalue weighted by Crippen LogP contribution is -2.45. The summed E-state index contributed by atoms with van der Waals surface area (Å²) in [6.45, 7) is 4.96. The van der Waals surface area contributed by atoms with Gasteiger partial charge in [-0.2, -0.15) is 0 Å². The van der Waals surface area contributed by atoms with Crippen LogP contribution in [0.4, 0.5) is 5.82 Å². The predicted octanol–water partition coefficient (Wildman–Crippen LogP) is 1.31. The molecule has 0 saturated carbocycles. The van der Waals surface area contributed by atoms with Gasteiger partial charge in [0.25, 0.3) is 5.91 Å². The van der Waals surface area contributed by atoms with Gasteiger partial charge in [-0.05, 0) is 31.9 Å². The summed E-state index contributed by atoms with van der Waals surface area (Å²) in [5.74, 6) is 1.08. The molecule has 2 aromatic rings. The smallest absolute Gasteiger partial charge is 0.256 e. The molecule has 0 radical (unpaired) electrons. The molecule has 2 N–H and O–H groups in total. The van der Waals surface area contributed by atoms with Crippen LogP contribution in [0, 0.1) is 6.92 Å². The number of hydrogen-bond acceptors (Lipinski definition) is 6. The number of hydrogen-bond donors (Lipinski definition) is 2. The molecule has 0 aliphatic carbocycles. The van der Waals surface area contributed by atoms with Crippen LogP contribution in [0.2, 0.25) is 0 Å². The predicted molar refractivity (Wildman–Crippen MR) is 89.0 cm³/mol. The van der Waals surface area contributed by atoms with Gasteiger partial charge in [-0.15, -0.1) is 0 Å². The van der Waals surface area contributed by atoms with Crippen molar-refractivity contribution in [3.63, 3.8) is 0 Å². The maximum atomic E-state index is 12.4. The number of rotatable bonds is 5. The molecule has 1 aliphatic rings. The first-order valence-corrected chi connectivity index (χ1v) is 8.14. The monoisotopic (exact) mass is 330 g/mol. The topological polar surface area (TPSA) is 91.5 Å². The van der Waals surface area contributed by atoms with Crippen molar-refractivity contribution in [2.45, 2.75) is 32.3 Å². The average Bonchev–Trinajstić information content (AvgIpc) is 3.17. The number of aromatic nitrogens is 2. The van der Waals surface area contributed by atoms with Gasteiger partial charge in [-0.1, -0.05) is 18.1 Å². The van der Waals surface area contributed by atoms with Crippen LogP contribution in [0.15, 0.2) is 28.9 Å². The molecule has 24 heavy (non-hydrogen) atoms. The van der Waals surface area contributed by atoms with Gasteiger partial charge < -0.3 is 19.8 Å². The Morgan fingerprint density at radius 3 is 3.04 bits per heavy atom. The number of aliphatic hydroxyl groups is 1. The Kier molecular flexibility index (Phi) is 4.53. The largest absolute Gasteiger partial charge is 0.386 e. The number of anilines is 1. The van der Waals surface area contributed by atoms with Gasteiger partial charge in [0.2, 0.25) is 0 Å². The van der Waals surface area contributed by atoms with E-state index in [1.165, 1.54) is 0 Å². The SMILES string of the molecule is CCc1noc(C)c1C(=O)NCC1(O)CCN(c2ccccn2)C1. The van der Waals surface area contributed by atoms with Crippen LogP contribution in [0.1, 0.15) is 35.2 Å². The highest BCUT2D eigenvalue weighted by molar-refractivity contribution is 5.96. The molecule has 0 bridgehead atoms. The van der Waals surface area contributed by atoms with Gasteiger partial charge in [-0.3, -0.25) is 4.79 Å². The number of aryl methyl sites for hydroxylation is 2. The molecule has 0 aromatic carbocycles. The number of nitrogens with zero attached hydrogens (tertiary/aromatic N) is 3. The highest BCUT2D eigenvalue weighted by Crippen LogP contribution is 2.25. The zero-order valence-electron chi connectivity index (χ0n) is 14.0. The van der Waals surface area contributed by atoms with Crippen molar-refractivity contribution in [3.8, 4) is 0 Å². The number of nitrogens with one attached hydrogen (secondary N) is 1. The van der Waals surface area contributed by atoms with E-state index in [1.54, 1.807) is 13.1 Å². The zero-order valence-corrected chi connectivity index (χ0v) is 14.0. The summed E-state index contributed by atoms with van der Waals surface area (Å²) in [5, 5.41) is 17.5. The van der Waals surface area contributed by atoms with E-state index in [1.807, 2.05) is 30.0 Å². The van der Waals surface area contributed by atoms with Crippen LogP contribution in [-0.2, 0) is 6.42 Å². The summed E-state index contributed by atoms with van der Waals surface area (Å²) in [4.78, 5) is 18.7. The molecule has 1 amide bonds. The van der Waals surface area contributed by atoms with Crippen molar-refractivity contribution >= 4 is 11.7 Å². The van der Waals surface area contributed by atoms with Crippen LogP contribution in [-0.4, -0.2) is 46.4 Å². The number of carbonyl (C=O) groups excluding carboxylic acids is 1. The summed E-state index contributed by atoms with van der Waals surface area (Å²) in [6, 6.07) is 5.69. The minimum absolute atomic E-state index is 0.183. The molecule has 0 spiro atoms. The van der Waals surface area contributed by atoms with Crippen LogP contribution in [0.5, 0.6) is 0 Å². The third-order valence-electron chi connectivity index (χ3n) is 4.38. The van der Waals surface area contributed by atoms with Gasteiger partial charge in [0.15, 0.2) is 0 Å². The highest BCUT2D eigenvalue weighted by atomic mass is 16.5. The molecular weight excluding hydrogens is 308 g/mol. The quantitative estimate of drug-likeness (QED) is 0.859. The molecule has 1 unspecified atom stereocenters. The Balaban J connectivity index is 1.62. The highest BCUT2D eigenvalue weighted by Gasteiger charge is 2.37. The number of pyridine rings is 1. The second kappa shape index (κ2) is 6.60. The number of amides is 1. The Labute approximate surface area is 140 Å². The van der Waals surface area contributed by atoms with Gasteiger partial charge in [-0.25, -0.2) is 4.98 Å². The molecule has 7 nitrogen and oxygen atoms in total. The second-order valence-electron chi connectivity index (χ2n) is 6.18. The van der Waals surface area contributed by atoms with Crippen LogP contribution >= 0.6 is 0 Å². The van der Waals surface area contributed by atoms with Crippen molar-refractivity contribution in [2.24, 2.45) is 0 Å². The van der Waals surface area contributed by atoms with Crippen molar-refractivity contribution in [1.29, 1.82) is 0 Å². The molecule has 3 heterocycles. The fourth-order valence-corrected chi connectivity index (χ4v) is 3.02. The van der Waals surface area contributed by atoms with Crippen LogP contribution in [0.25, 0.3) is 0 Å². The van der Waals surface area contributed by atoms with E-state index in [2.05, 4.69) is 15.5 Å². The Bertz CT molecular complexity index is 716. The fourth-order valence-electron chi connectivity index (χ4n) is 3.02. The first kappa shape index (κ1) is 16.4. The summed E-state index contributed by atoms with van der Waals surface area (Å²) in [6.07, 6.45) is 2.93. The van der Waals surface area contributed by atoms with E-state index in [-0.39, 0.29) is 12.5 Å². The molecule has 2 aromatic heterocycles. The average molecular weight is 330 g/mol. The minimum Gasteiger partial charge on any atom is -0.386 e. The first-order chi connectivity index (χ1) is 11.5. The van der Waals surface area contributed by atoms with E-state index in [4.69, 9.17) is 4.52 Å². The van der Waals surface area contributed by atoms with Crippen molar-refractivity contribution < 1.29 is 14.4 Å². The van der Waals surface area contributed by atoms with Gasteiger partial charge >= 0.3 is 0 Å². The lowest BCUT2D eigenvalue weighted by atomic mass is 10.0. The van der Waals surface area contributed by atoms with Gasteiger partial charge in [0.1, 0.15) is 22.7 Å². The van der Waals surface area contributed by atoms with E-state index >= 15 is 0 Å². The third kappa shape index (κ3) is 3.26. The van der Waals surface area contributed by atoms with Crippen LogP contribution < -0.4 is 10.2 Å². The summed E-state index contributed by atoms with van der Waals surface area (Å²) in [7, 11) is 0. The zero-order chi connectivity index (χ0) is 17.2. The molecule has 7 heteroatoms. The minimum atomic E-state index is -0.968. The van der Waals surface area contributed by atoms with E-state index < -0.39 is 5.60 Å². The summed E-state index contributed by atoms with van der Waals surface area (Å²) in [5.41, 5.74) is 0.143. The van der Waals surface area contributed by atoms with Crippen LogP contribution in [0.3, 0.4) is 0 Å². The molecule has 1 atom stereocenters. The van der Waals surface area contributed by atoms with E-state index in [0.717, 1.165) is 5.82 Å².